The zero-order valence-electron chi connectivity index (χ0n) is 15.7. The predicted molar refractivity (Wildman–Crippen MR) is 100 cm³/mol. The van der Waals surface area contributed by atoms with Crippen LogP contribution >= 0.6 is 0 Å². The van der Waals surface area contributed by atoms with Crippen LogP contribution in [-0.2, 0) is 20.7 Å². The lowest BCUT2D eigenvalue weighted by molar-refractivity contribution is -0.129. The van der Waals surface area contributed by atoms with Gasteiger partial charge in [-0.25, -0.2) is 4.79 Å². The van der Waals surface area contributed by atoms with Gasteiger partial charge in [0.15, 0.2) is 0 Å². The van der Waals surface area contributed by atoms with Crippen LogP contribution in [0, 0.1) is 0 Å². The lowest BCUT2D eigenvalue weighted by Crippen LogP contribution is -2.35. The molecule has 26 heavy (non-hydrogen) atoms. The molecule has 0 atom stereocenters. The molecule has 0 bridgehead atoms. The summed E-state index contributed by atoms with van der Waals surface area (Å²) in [7, 11) is 1.52. The molecule has 0 radical (unpaired) electrons. The Kier molecular flexibility index (Phi) is 5.69. The molecule has 0 unspecified atom stereocenters. The number of nitrogens with zero attached hydrogens (tertiary/aromatic N) is 2. The highest BCUT2D eigenvalue weighted by molar-refractivity contribution is 5.98. The summed E-state index contributed by atoms with van der Waals surface area (Å²) >= 11 is 0. The van der Waals surface area contributed by atoms with Crippen molar-refractivity contribution >= 4 is 29.3 Å². The standard InChI is InChI=1S/C19H25N3O4/c1-6-17(24)21(5)12-16(23)20-14-8-7-13-9-10-22(15(13)11-14)18(25)26-19(2,3)4/h6-8,11H,1,9-10,12H2,2-5H3,(H,20,23). The van der Waals surface area contributed by atoms with Gasteiger partial charge in [0.25, 0.3) is 0 Å². The first-order chi connectivity index (χ1) is 12.1. The van der Waals surface area contributed by atoms with Gasteiger partial charge in [0.2, 0.25) is 11.8 Å². The molecule has 7 nitrogen and oxygen atoms in total. The van der Waals surface area contributed by atoms with Crippen molar-refractivity contribution in [3.8, 4) is 0 Å². The molecule has 1 heterocycles. The maximum Gasteiger partial charge on any atom is 0.414 e. The SMILES string of the molecule is C=CC(=O)N(C)CC(=O)Nc1ccc2c(c1)N(C(=O)OC(C)(C)C)CC2. The molecule has 0 spiro atoms. The molecular formula is C19H25N3O4. The summed E-state index contributed by atoms with van der Waals surface area (Å²) in [5.74, 6) is -0.658. The van der Waals surface area contributed by atoms with Gasteiger partial charge in [-0.05, 0) is 51.0 Å². The molecule has 1 aromatic carbocycles. The van der Waals surface area contributed by atoms with Crippen molar-refractivity contribution in [3.05, 3.63) is 36.4 Å². The van der Waals surface area contributed by atoms with E-state index in [0.717, 1.165) is 23.7 Å². The Hall–Kier alpha value is -2.83. The molecule has 0 saturated heterocycles. The zero-order valence-corrected chi connectivity index (χ0v) is 15.7. The average Bonchev–Trinajstić information content (AvgIpc) is 2.95. The van der Waals surface area contributed by atoms with Crippen LogP contribution in [0.5, 0.6) is 0 Å². The maximum atomic E-state index is 12.4. The fraction of sp³-hybridized carbons (Fsp3) is 0.421. The summed E-state index contributed by atoms with van der Waals surface area (Å²) in [5, 5.41) is 2.74. The van der Waals surface area contributed by atoms with Crippen LogP contribution in [0.1, 0.15) is 26.3 Å². The number of likely N-dealkylation sites (N-methyl/N-ethyl adjacent to an activating group) is 1. The summed E-state index contributed by atoms with van der Waals surface area (Å²) in [4.78, 5) is 38.8. The topological polar surface area (TPSA) is 79.0 Å². The zero-order chi connectivity index (χ0) is 19.5. The number of fused-ring (bicyclic) bond motifs is 1. The minimum absolute atomic E-state index is 0.0856. The first-order valence-corrected chi connectivity index (χ1v) is 8.41. The Bertz CT molecular complexity index is 737. The number of benzene rings is 1. The molecule has 0 saturated carbocycles. The average molecular weight is 359 g/mol. The Morgan fingerprint density at radius 1 is 1.35 bits per heavy atom. The third-order valence-electron chi connectivity index (χ3n) is 3.81. The van der Waals surface area contributed by atoms with Crippen molar-refractivity contribution in [2.45, 2.75) is 32.8 Å². The summed E-state index contributed by atoms with van der Waals surface area (Å²) in [6, 6.07) is 5.41. The molecule has 140 valence electrons. The third-order valence-corrected chi connectivity index (χ3v) is 3.81. The highest BCUT2D eigenvalue weighted by atomic mass is 16.6. The molecule has 2 rings (SSSR count). The maximum absolute atomic E-state index is 12.4. The minimum Gasteiger partial charge on any atom is -0.443 e. The minimum atomic E-state index is -0.575. The van der Waals surface area contributed by atoms with Gasteiger partial charge in [-0.2, -0.15) is 0 Å². The van der Waals surface area contributed by atoms with Gasteiger partial charge in [0.1, 0.15) is 5.60 Å². The largest absolute Gasteiger partial charge is 0.443 e. The first kappa shape index (κ1) is 19.5. The van der Waals surface area contributed by atoms with E-state index in [1.54, 1.807) is 17.0 Å². The van der Waals surface area contributed by atoms with Crippen molar-refractivity contribution in [1.29, 1.82) is 0 Å². The van der Waals surface area contributed by atoms with Crippen LogP contribution in [0.15, 0.2) is 30.9 Å². The van der Waals surface area contributed by atoms with E-state index in [1.165, 1.54) is 11.9 Å². The Labute approximate surface area is 153 Å². The fourth-order valence-corrected chi connectivity index (χ4v) is 2.61. The van der Waals surface area contributed by atoms with Gasteiger partial charge >= 0.3 is 6.09 Å². The van der Waals surface area contributed by atoms with Crippen LogP contribution in [-0.4, -0.2) is 48.5 Å². The van der Waals surface area contributed by atoms with Gasteiger partial charge < -0.3 is 15.0 Å². The Balaban J connectivity index is 2.09. The molecule has 0 aliphatic carbocycles. The van der Waals surface area contributed by atoms with Crippen LogP contribution in [0.2, 0.25) is 0 Å². The Morgan fingerprint density at radius 3 is 2.65 bits per heavy atom. The van der Waals surface area contributed by atoms with E-state index in [4.69, 9.17) is 4.74 Å². The van der Waals surface area contributed by atoms with Gasteiger partial charge in [-0.3, -0.25) is 14.5 Å². The molecule has 7 heteroatoms. The monoisotopic (exact) mass is 359 g/mol. The molecule has 1 N–H and O–H groups in total. The lowest BCUT2D eigenvalue weighted by Gasteiger charge is -2.25. The van der Waals surface area contributed by atoms with Crippen molar-refractivity contribution in [2.24, 2.45) is 0 Å². The highest BCUT2D eigenvalue weighted by Crippen LogP contribution is 2.32. The lowest BCUT2D eigenvalue weighted by atomic mass is 10.1. The fourth-order valence-electron chi connectivity index (χ4n) is 2.61. The number of ether oxygens (including phenoxy) is 1. The van der Waals surface area contributed by atoms with E-state index in [9.17, 15) is 14.4 Å². The summed E-state index contributed by atoms with van der Waals surface area (Å²) in [5.41, 5.74) is 1.73. The summed E-state index contributed by atoms with van der Waals surface area (Å²) < 4.78 is 5.44. The number of hydrogen-bond acceptors (Lipinski definition) is 4. The van der Waals surface area contributed by atoms with E-state index >= 15 is 0 Å². The molecule has 1 aliphatic rings. The van der Waals surface area contributed by atoms with Gasteiger partial charge in [-0.1, -0.05) is 12.6 Å². The van der Waals surface area contributed by atoms with Crippen molar-refractivity contribution in [2.75, 3.05) is 30.4 Å². The number of rotatable bonds is 4. The predicted octanol–water partition coefficient (Wildman–Crippen LogP) is 2.57. The third kappa shape index (κ3) is 4.84. The van der Waals surface area contributed by atoms with Crippen LogP contribution < -0.4 is 10.2 Å². The Morgan fingerprint density at radius 2 is 2.04 bits per heavy atom. The van der Waals surface area contributed by atoms with Crippen molar-refractivity contribution in [3.63, 3.8) is 0 Å². The second kappa shape index (κ2) is 7.59. The van der Waals surface area contributed by atoms with Crippen molar-refractivity contribution in [1.82, 2.24) is 4.90 Å². The van der Waals surface area contributed by atoms with Crippen molar-refractivity contribution < 1.29 is 19.1 Å². The summed E-state index contributed by atoms with van der Waals surface area (Å²) in [6.45, 7) is 9.30. The molecule has 1 aliphatic heterocycles. The van der Waals surface area contributed by atoms with E-state index in [-0.39, 0.29) is 18.4 Å². The quantitative estimate of drug-likeness (QED) is 0.838. The number of hydrogen-bond donors (Lipinski definition) is 1. The summed E-state index contributed by atoms with van der Waals surface area (Å²) in [6.07, 6.45) is 1.48. The van der Waals surface area contributed by atoms with E-state index in [2.05, 4.69) is 11.9 Å². The van der Waals surface area contributed by atoms with Gasteiger partial charge in [0.05, 0.1) is 12.2 Å². The smallest absolute Gasteiger partial charge is 0.414 e. The number of anilines is 2. The number of nitrogens with one attached hydrogen (secondary N) is 1. The molecule has 3 amide bonds. The molecule has 0 aromatic heterocycles. The second-order valence-corrected chi connectivity index (χ2v) is 7.17. The highest BCUT2D eigenvalue weighted by Gasteiger charge is 2.29. The van der Waals surface area contributed by atoms with Crippen LogP contribution in [0.3, 0.4) is 0 Å². The number of amides is 3. The normalized spacial score (nSPS) is 13.0. The number of carbonyl (C=O) groups excluding carboxylic acids is 3. The number of carbonyl (C=O) groups is 3. The van der Waals surface area contributed by atoms with E-state index in [0.29, 0.717) is 12.2 Å². The van der Waals surface area contributed by atoms with Crippen LogP contribution in [0.4, 0.5) is 16.2 Å². The van der Waals surface area contributed by atoms with Gasteiger partial charge in [0, 0.05) is 19.3 Å². The molecular weight excluding hydrogens is 334 g/mol. The van der Waals surface area contributed by atoms with Gasteiger partial charge in [-0.15, -0.1) is 0 Å². The first-order valence-electron chi connectivity index (χ1n) is 8.41. The molecule has 0 fully saturated rings. The van der Waals surface area contributed by atoms with Crippen LogP contribution in [0.25, 0.3) is 0 Å². The second-order valence-electron chi connectivity index (χ2n) is 7.17. The molecule has 1 aromatic rings. The van der Waals surface area contributed by atoms with E-state index in [1.807, 2.05) is 26.8 Å². The van der Waals surface area contributed by atoms with E-state index < -0.39 is 11.7 Å².